The average Bonchev–Trinajstić information content (AvgIpc) is 2.97. The van der Waals surface area contributed by atoms with E-state index in [2.05, 4.69) is 0 Å². The molecule has 2 rings (SSSR count). The van der Waals surface area contributed by atoms with Crippen LogP contribution in [0.5, 0.6) is 0 Å². The van der Waals surface area contributed by atoms with Gasteiger partial charge in [-0.3, -0.25) is 4.79 Å². The third kappa shape index (κ3) is 4.47. The SMILES string of the molecule is CCN(C(=O)CC(CN)OC)C(C)c1cc2ccccc2o1.Cl. The molecule has 0 saturated heterocycles. The van der Waals surface area contributed by atoms with Crippen molar-refractivity contribution in [2.45, 2.75) is 32.4 Å². The summed E-state index contributed by atoms with van der Waals surface area (Å²) >= 11 is 0. The van der Waals surface area contributed by atoms with Gasteiger partial charge in [0, 0.05) is 25.6 Å². The van der Waals surface area contributed by atoms with E-state index < -0.39 is 0 Å². The molecule has 0 spiro atoms. The van der Waals surface area contributed by atoms with Gasteiger partial charge < -0.3 is 19.8 Å². The number of carbonyl (C=O) groups is 1. The molecule has 23 heavy (non-hydrogen) atoms. The number of rotatable bonds is 7. The van der Waals surface area contributed by atoms with Crippen molar-refractivity contribution in [1.29, 1.82) is 0 Å². The Bertz CT molecular complexity index is 592. The van der Waals surface area contributed by atoms with E-state index in [-0.39, 0.29) is 36.9 Å². The Kier molecular flexibility index (Phi) is 7.55. The van der Waals surface area contributed by atoms with Gasteiger partial charge in [0.25, 0.3) is 0 Å². The number of nitrogens with two attached hydrogens (primary N) is 1. The predicted octanol–water partition coefficient (Wildman–Crippen LogP) is 3.13. The number of nitrogens with zero attached hydrogens (tertiary/aromatic N) is 1. The summed E-state index contributed by atoms with van der Waals surface area (Å²) in [6.07, 6.45) is 0.0372. The van der Waals surface area contributed by atoms with Crippen molar-refractivity contribution in [3.63, 3.8) is 0 Å². The van der Waals surface area contributed by atoms with Crippen molar-refractivity contribution >= 4 is 29.3 Å². The van der Waals surface area contributed by atoms with Gasteiger partial charge in [0.05, 0.1) is 18.6 Å². The van der Waals surface area contributed by atoms with E-state index in [1.165, 1.54) is 0 Å². The van der Waals surface area contributed by atoms with Crippen LogP contribution in [0, 0.1) is 0 Å². The molecule has 128 valence electrons. The summed E-state index contributed by atoms with van der Waals surface area (Å²) in [6.45, 7) is 4.88. The minimum absolute atomic E-state index is 0. The summed E-state index contributed by atoms with van der Waals surface area (Å²) in [5, 5.41) is 1.05. The number of hydrogen-bond donors (Lipinski definition) is 1. The molecule has 0 aliphatic rings. The number of benzene rings is 1. The van der Waals surface area contributed by atoms with E-state index in [1.807, 2.05) is 44.2 Å². The molecule has 5 nitrogen and oxygen atoms in total. The fraction of sp³-hybridized carbons (Fsp3) is 0.471. The van der Waals surface area contributed by atoms with Gasteiger partial charge in [-0.15, -0.1) is 12.4 Å². The van der Waals surface area contributed by atoms with Gasteiger partial charge in [-0.05, 0) is 26.0 Å². The molecule has 2 atom stereocenters. The third-order valence-electron chi connectivity index (χ3n) is 3.98. The minimum atomic E-state index is -0.246. The topological polar surface area (TPSA) is 68.7 Å². The number of furan rings is 1. The second-order valence-electron chi connectivity index (χ2n) is 5.34. The Morgan fingerprint density at radius 3 is 2.65 bits per heavy atom. The highest BCUT2D eigenvalue weighted by Crippen LogP contribution is 2.27. The molecule has 0 aliphatic heterocycles. The Morgan fingerprint density at radius 2 is 2.09 bits per heavy atom. The Balaban J connectivity index is 0.00000264. The van der Waals surface area contributed by atoms with Gasteiger partial charge in [0.15, 0.2) is 0 Å². The molecule has 1 aromatic carbocycles. The van der Waals surface area contributed by atoms with Crippen molar-refractivity contribution in [2.24, 2.45) is 5.73 Å². The van der Waals surface area contributed by atoms with Crippen molar-refractivity contribution < 1.29 is 13.9 Å². The molecular weight excluding hydrogens is 316 g/mol. The zero-order valence-corrected chi connectivity index (χ0v) is 14.6. The maximum atomic E-state index is 12.5. The van der Waals surface area contributed by atoms with Crippen LogP contribution in [0.1, 0.15) is 32.1 Å². The molecule has 2 N–H and O–H groups in total. The van der Waals surface area contributed by atoms with E-state index in [9.17, 15) is 4.79 Å². The maximum Gasteiger partial charge on any atom is 0.225 e. The molecule has 0 fully saturated rings. The molecule has 1 amide bonds. The number of ether oxygens (including phenoxy) is 1. The predicted molar refractivity (Wildman–Crippen MR) is 93.7 cm³/mol. The fourth-order valence-electron chi connectivity index (χ4n) is 2.60. The van der Waals surface area contributed by atoms with Crippen LogP contribution in [0.4, 0.5) is 0 Å². The maximum absolute atomic E-state index is 12.5. The van der Waals surface area contributed by atoms with Crippen LogP contribution in [0.25, 0.3) is 11.0 Å². The molecule has 6 heteroatoms. The first-order valence-electron chi connectivity index (χ1n) is 7.61. The Morgan fingerprint density at radius 1 is 1.39 bits per heavy atom. The normalized spacial score (nSPS) is 13.4. The van der Waals surface area contributed by atoms with E-state index in [0.717, 1.165) is 16.7 Å². The number of amides is 1. The lowest BCUT2D eigenvalue weighted by Crippen LogP contribution is -2.37. The van der Waals surface area contributed by atoms with Crippen LogP contribution in [0.2, 0.25) is 0 Å². The summed E-state index contributed by atoms with van der Waals surface area (Å²) in [4.78, 5) is 14.3. The largest absolute Gasteiger partial charge is 0.459 e. The summed E-state index contributed by atoms with van der Waals surface area (Å²) in [7, 11) is 1.57. The van der Waals surface area contributed by atoms with E-state index in [4.69, 9.17) is 14.9 Å². The lowest BCUT2D eigenvalue weighted by Gasteiger charge is -2.28. The van der Waals surface area contributed by atoms with Gasteiger partial charge >= 0.3 is 0 Å². The molecular formula is C17H25ClN2O3. The molecule has 1 aromatic heterocycles. The summed E-state index contributed by atoms with van der Waals surface area (Å²) < 4.78 is 11.1. The smallest absolute Gasteiger partial charge is 0.225 e. The highest BCUT2D eigenvalue weighted by Gasteiger charge is 2.24. The van der Waals surface area contributed by atoms with Crippen LogP contribution < -0.4 is 5.73 Å². The third-order valence-corrected chi connectivity index (χ3v) is 3.98. The molecule has 2 unspecified atom stereocenters. The first-order valence-corrected chi connectivity index (χ1v) is 7.61. The Labute approximate surface area is 143 Å². The standard InChI is InChI=1S/C17H24N2O3.ClH/c1-4-19(17(20)10-14(11-18)21-3)12(2)16-9-13-7-5-6-8-15(13)22-16;/h5-9,12,14H,4,10-11,18H2,1-3H3;1H. The zero-order chi connectivity index (χ0) is 16.1. The van der Waals surface area contributed by atoms with Crippen molar-refractivity contribution in [3.8, 4) is 0 Å². The van der Waals surface area contributed by atoms with E-state index in [1.54, 1.807) is 12.0 Å². The number of hydrogen-bond acceptors (Lipinski definition) is 4. The second kappa shape index (κ2) is 8.91. The van der Waals surface area contributed by atoms with Gasteiger partial charge in [-0.25, -0.2) is 0 Å². The van der Waals surface area contributed by atoms with Crippen LogP contribution >= 0.6 is 12.4 Å². The number of carbonyl (C=O) groups excluding carboxylic acids is 1. The van der Waals surface area contributed by atoms with Crippen molar-refractivity contribution in [1.82, 2.24) is 4.90 Å². The summed E-state index contributed by atoms with van der Waals surface area (Å²) in [5.41, 5.74) is 6.43. The Hall–Kier alpha value is -1.56. The quantitative estimate of drug-likeness (QED) is 0.840. The molecule has 0 radical (unpaired) electrons. The average molecular weight is 341 g/mol. The van der Waals surface area contributed by atoms with Gasteiger partial charge in [-0.2, -0.15) is 0 Å². The zero-order valence-electron chi connectivity index (χ0n) is 13.8. The number of halogens is 1. The molecule has 0 saturated carbocycles. The lowest BCUT2D eigenvalue weighted by atomic mass is 10.1. The molecule has 0 bridgehead atoms. The summed E-state index contributed by atoms with van der Waals surface area (Å²) in [6, 6.07) is 9.71. The van der Waals surface area contributed by atoms with Crippen LogP contribution in [-0.2, 0) is 9.53 Å². The van der Waals surface area contributed by atoms with Crippen LogP contribution in [-0.4, -0.2) is 37.1 Å². The summed E-state index contributed by atoms with van der Waals surface area (Å²) in [5.74, 6) is 0.811. The number of fused-ring (bicyclic) bond motifs is 1. The van der Waals surface area contributed by atoms with Gasteiger partial charge in [0.2, 0.25) is 5.91 Å². The van der Waals surface area contributed by atoms with Crippen molar-refractivity contribution in [3.05, 3.63) is 36.1 Å². The minimum Gasteiger partial charge on any atom is -0.459 e. The van der Waals surface area contributed by atoms with Crippen LogP contribution in [0.3, 0.4) is 0 Å². The highest BCUT2D eigenvalue weighted by molar-refractivity contribution is 5.85. The van der Waals surface area contributed by atoms with E-state index in [0.29, 0.717) is 13.1 Å². The molecule has 0 aliphatic carbocycles. The monoisotopic (exact) mass is 340 g/mol. The highest BCUT2D eigenvalue weighted by atomic mass is 35.5. The molecule has 2 aromatic rings. The number of para-hydroxylation sites is 1. The fourth-order valence-corrected chi connectivity index (χ4v) is 2.60. The lowest BCUT2D eigenvalue weighted by molar-refractivity contribution is -0.135. The number of methoxy groups -OCH3 is 1. The first kappa shape index (κ1) is 19.5. The van der Waals surface area contributed by atoms with Gasteiger partial charge in [-0.1, -0.05) is 18.2 Å². The molecule has 1 heterocycles. The van der Waals surface area contributed by atoms with E-state index >= 15 is 0 Å². The van der Waals surface area contributed by atoms with Crippen LogP contribution in [0.15, 0.2) is 34.7 Å². The van der Waals surface area contributed by atoms with Gasteiger partial charge in [0.1, 0.15) is 11.3 Å². The second-order valence-corrected chi connectivity index (χ2v) is 5.34. The first-order chi connectivity index (χ1) is 10.6. The van der Waals surface area contributed by atoms with Crippen molar-refractivity contribution in [2.75, 3.05) is 20.2 Å².